The molecule has 1 heterocycles. The predicted octanol–water partition coefficient (Wildman–Crippen LogP) is 2.14. The van der Waals surface area contributed by atoms with Crippen molar-refractivity contribution in [3.8, 4) is 11.3 Å². The predicted molar refractivity (Wildman–Crippen MR) is 47.5 cm³/mol. The zero-order valence-electron chi connectivity index (χ0n) is 7.44. The minimum absolute atomic E-state index is 0.194. The van der Waals surface area contributed by atoms with Crippen LogP contribution in [0.4, 0.5) is 0 Å². The van der Waals surface area contributed by atoms with Gasteiger partial charge in [0.2, 0.25) is 0 Å². The van der Waals surface area contributed by atoms with E-state index >= 15 is 0 Å². The molecule has 0 atom stereocenters. The van der Waals surface area contributed by atoms with E-state index in [2.05, 4.69) is 9.97 Å². The quantitative estimate of drug-likeness (QED) is 0.633. The molecule has 0 spiro atoms. The normalized spacial score (nSPS) is 10.8. The van der Waals surface area contributed by atoms with Crippen molar-refractivity contribution in [1.29, 1.82) is 0 Å². The first kappa shape index (κ1) is 5.89. The van der Waals surface area contributed by atoms with Crippen LogP contribution in [-0.2, 0) is 0 Å². The highest BCUT2D eigenvalue weighted by Crippen LogP contribution is 2.13. The molecule has 0 fully saturated rings. The summed E-state index contributed by atoms with van der Waals surface area (Å²) >= 11 is 0. The van der Waals surface area contributed by atoms with Crippen LogP contribution in [0.1, 0.15) is 1.37 Å². The Bertz CT molecular complexity index is 383. The molecule has 2 heteroatoms. The fourth-order valence-electron chi connectivity index (χ4n) is 1.02. The summed E-state index contributed by atoms with van der Waals surface area (Å²) < 4.78 is 7.18. The van der Waals surface area contributed by atoms with Crippen molar-refractivity contribution in [1.82, 2.24) is 9.97 Å². The Labute approximate surface area is 72.3 Å². The highest BCUT2D eigenvalue weighted by Gasteiger charge is 1.94. The minimum Gasteiger partial charge on any atom is -0.261 e. The number of hydrogen-bond donors (Lipinski definition) is 0. The first-order valence-corrected chi connectivity index (χ1v) is 3.70. The van der Waals surface area contributed by atoms with Gasteiger partial charge in [-0.2, -0.15) is 0 Å². The van der Waals surface area contributed by atoms with Gasteiger partial charge in [-0.15, -0.1) is 0 Å². The van der Waals surface area contributed by atoms with Crippen LogP contribution in [0.2, 0.25) is 0 Å². The van der Waals surface area contributed by atoms with E-state index in [9.17, 15) is 0 Å². The molecule has 0 aliphatic rings. The SMILES string of the molecule is [2H]c1cnc(-c2ccccc2)cn1. The van der Waals surface area contributed by atoms with Gasteiger partial charge in [-0.1, -0.05) is 30.3 Å². The lowest BCUT2D eigenvalue weighted by molar-refractivity contribution is 1.21. The smallest absolute Gasteiger partial charge is 0.0885 e. The van der Waals surface area contributed by atoms with Gasteiger partial charge in [0.25, 0.3) is 0 Å². The summed E-state index contributed by atoms with van der Waals surface area (Å²) in [5.74, 6) is 0. The van der Waals surface area contributed by atoms with Gasteiger partial charge in [-0.3, -0.25) is 9.97 Å². The van der Waals surface area contributed by atoms with Gasteiger partial charge >= 0.3 is 0 Å². The Morgan fingerprint density at radius 1 is 1.17 bits per heavy atom. The van der Waals surface area contributed by atoms with E-state index in [4.69, 9.17) is 1.37 Å². The molecule has 2 nitrogen and oxygen atoms in total. The third-order valence-electron chi connectivity index (χ3n) is 1.59. The summed E-state index contributed by atoms with van der Waals surface area (Å²) in [5.41, 5.74) is 1.83. The third-order valence-corrected chi connectivity index (χ3v) is 1.59. The van der Waals surface area contributed by atoms with Crippen LogP contribution in [-0.4, -0.2) is 9.97 Å². The Morgan fingerprint density at radius 3 is 2.67 bits per heavy atom. The first-order chi connectivity index (χ1) is 6.36. The molecule has 58 valence electrons. The topological polar surface area (TPSA) is 25.8 Å². The number of benzene rings is 1. The van der Waals surface area contributed by atoms with Crippen LogP contribution in [0.5, 0.6) is 0 Å². The molecule has 0 aliphatic carbocycles. The molecule has 2 aromatic rings. The molecule has 1 aromatic heterocycles. The van der Waals surface area contributed by atoms with Crippen LogP contribution < -0.4 is 0 Å². The summed E-state index contributed by atoms with van der Waals surface area (Å²) in [5, 5.41) is 0. The van der Waals surface area contributed by atoms with E-state index in [1.54, 1.807) is 6.20 Å². The molecule has 0 N–H and O–H groups in total. The van der Waals surface area contributed by atoms with Gasteiger partial charge in [0.05, 0.1) is 13.3 Å². The summed E-state index contributed by atoms with van der Waals surface area (Å²) in [4.78, 5) is 7.96. The fourth-order valence-corrected chi connectivity index (χ4v) is 1.02. The van der Waals surface area contributed by atoms with Crippen LogP contribution in [0.25, 0.3) is 11.3 Å². The van der Waals surface area contributed by atoms with Crippen LogP contribution in [0.3, 0.4) is 0 Å². The van der Waals surface area contributed by atoms with Crippen molar-refractivity contribution < 1.29 is 1.37 Å². The molecule has 0 bridgehead atoms. The van der Waals surface area contributed by atoms with E-state index in [-0.39, 0.29) is 6.17 Å². The Kier molecular flexibility index (Phi) is 1.54. The molecule has 1 aromatic carbocycles. The Hall–Kier alpha value is -1.70. The van der Waals surface area contributed by atoms with Crippen LogP contribution >= 0.6 is 0 Å². The molecule has 12 heavy (non-hydrogen) atoms. The summed E-state index contributed by atoms with van der Waals surface area (Å²) in [6.45, 7) is 0. The van der Waals surface area contributed by atoms with Crippen molar-refractivity contribution in [2.75, 3.05) is 0 Å². The maximum absolute atomic E-state index is 7.18. The lowest BCUT2D eigenvalue weighted by Crippen LogP contribution is -1.82. The number of hydrogen-bond acceptors (Lipinski definition) is 2. The zero-order valence-corrected chi connectivity index (χ0v) is 6.44. The molecule has 2 rings (SSSR count). The van der Waals surface area contributed by atoms with Crippen molar-refractivity contribution >= 4 is 0 Å². The van der Waals surface area contributed by atoms with Crippen LogP contribution in [0, 0.1) is 0 Å². The second-order valence-corrected chi connectivity index (χ2v) is 2.40. The van der Waals surface area contributed by atoms with E-state index in [0.717, 1.165) is 11.3 Å². The third kappa shape index (κ3) is 1.32. The zero-order chi connectivity index (χ0) is 9.10. The second kappa shape index (κ2) is 3.13. The monoisotopic (exact) mass is 157 g/mol. The molecule has 0 saturated carbocycles. The largest absolute Gasteiger partial charge is 0.261 e. The Morgan fingerprint density at radius 2 is 2.00 bits per heavy atom. The minimum atomic E-state index is 0.194. The fraction of sp³-hybridized carbons (Fsp3) is 0. The van der Waals surface area contributed by atoms with Gasteiger partial charge in [-0.25, -0.2) is 0 Å². The average Bonchev–Trinajstić information content (AvgIpc) is 2.20. The number of aromatic nitrogens is 2. The molecule has 0 unspecified atom stereocenters. The molecule has 0 saturated heterocycles. The molecule has 0 aliphatic heterocycles. The van der Waals surface area contributed by atoms with Gasteiger partial charge in [0.15, 0.2) is 0 Å². The van der Waals surface area contributed by atoms with E-state index in [1.165, 1.54) is 6.20 Å². The average molecular weight is 157 g/mol. The van der Waals surface area contributed by atoms with Gasteiger partial charge in [0.1, 0.15) is 0 Å². The first-order valence-electron chi connectivity index (χ1n) is 4.20. The van der Waals surface area contributed by atoms with Crippen molar-refractivity contribution in [2.45, 2.75) is 0 Å². The van der Waals surface area contributed by atoms with Gasteiger partial charge in [0, 0.05) is 17.9 Å². The second-order valence-electron chi connectivity index (χ2n) is 2.40. The van der Waals surface area contributed by atoms with E-state index in [1.807, 2.05) is 30.3 Å². The van der Waals surface area contributed by atoms with Crippen molar-refractivity contribution in [3.63, 3.8) is 0 Å². The van der Waals surface area contributed by atoms with Crippen LogP contribution in [0.15, 0.2) is 48.9 Å². The highest BCUT2D eigenvalue weighted by molar-refractivity contribution is 5.57. The number of rotatable bonds is 1. The molecule has 0 radical (unpaired) electrons. The van der Waals surface area contributed by atoms with Gasteiger partial charge < -0.3 is 0 Å². The van der Waals surface area contributed by atoms with E-state index < -0.39 is 0 Å². The summed E-state index contributed by atoms with van der Waals surface area (Å²) in [6, 6.07) is 9.79. The van der Waals surface area contributed by atoms with E-state index in [0.29, 0.717) is 0 Å². The van der Waals surface area contributed by atoms with Gasteiger partial charge in [-0.05, 0) is 0 Å². The summed E-state index contributed by atoms with van der Waals surface area (Å²) in [6.07, 6.45) is 3.25. The molecular weight excluding hydrogens is 148 g/mol. The molecular formula is C10H8N2. The lowest BCUT2D eigenvalue weighted by Gasteiger charge is -1.96. The van der Waals surface area contributed by atoms with Crippen molar-refractivity contribution in [2.24, 2.45) is 0 Å². The maximum Gasteiger partial charge on any atom is 0.0885 e. The maximum atomic E-state index is 7.18. The summed E-state index contributed by atoms with van der Waals surface area (Å²) in [7, 11) is 0. The number of nitrogens with zero attached hydrogens (tertiary/aromatic N) is 2. The Balaban J connectivity index is 2.42. The lowest BCUT2D eigenvalue weighted by atomic mass is 10.2. The standard InChI is InChI=1S/C10H8N2/c1-2-4-9(5-3-1)10-8-11-6-7-12-10/h1-8H/i6D. The van der Waals surface area contributed by atoms with Crippen molar-refractivity contribution in [3.05, 3.63) is 48.9 Å². The highest BCUT2D eigenvalue weighted by atomic mass is 14.8. The molecule has 0 amide bonds.